The second-order valence-corrected chi connectivity index (χ2v) is 7.84. The van der Waals surface area contributed by atoms with Gasteiger partial charge in [-0.3, -0.25) is 9.59 Å². The van der Waals surface area contributed by atoms with Crippen LogP contribution in [0.3, 0.4) is 0 Å². The molecule has 0 aliphatic heterocycles. The van der Waals surface area contributed by atoms with Crippen molar-refractivity contribution in [3.8, 4) is 22.7 Å². The summed E-state index contributed by atoms with van der Waals surface area (Å²) in [7, 11) is 1.53. The topological polar surface area (TPSA) is 76.5 Å². The minimum Gasteiger partial charge on any atom is -0.496 e. The molecule has 4 rings (SSSR count). The molecule has 0 saturated heterocycles. The number of amides is 2. The van der Waals surface area contributed by atoms with Crippen LogP contribution in [0.1, 0.15) is 17.3 Å². The predicted molar refractivity (Wildman–Crippen MR) is 132 cm³/mol. The van der Waals surface area contributed by atoms with Gasteiger partial charge in [-0.05, 0) is 43.3 Å². The highest BCUT2D eigenvalue weighted by atomic mass is 19.1. The molecule has 1 N–H and O–H groups in total. The molecule has 4 aromatic rings. The number of carbonyl (C=O) groups is 2. The lowest BCUT2D eigenvalue weighted by atomic mass is 10.1. The molecule has 3 aromatic carbocycles. The SMILES string of the molecule is CCN(CC(=O)Nc1c(F)cccc1F)C(=O)c1cn(-c2ccccc2)nc1-c1ccccc1OC. The van der Waals surface area contributed by atoms with Gasteiger partial charge in [-0.15, -0.1) is 0 Å². The van der Waals surface area contributed by atoms with Crippen LogP contribution in [0.2, 0.25) is 0 Å². The van der Waals surface area contributed by atoms with Crippen LogP contribution >= 0.6 is 0 Å². The van der Waals surface area contributed by atoms with Crippen molar-refractivity contribution in [3.63, 3.8) is 0 Å². The van der Waals surface area contributed by atoms with Crippen molar-refractivity contribution < 1.29 is 23.1 Å². The Bertz CT molecular complexity index is 1370. The molecule has 7 nitrogen and oxygen atoms in total. The Hall–Kier alpha value is -4.53. The zero-order valence-electron chi connectivity index (χ0n) is 19.7. The Morgan fingerprint density at radius 2 is 1.64 bits per heavy atom. The molecule has 36 heavy (non-hydrogen) atoms. The molecule has 0 saturated carbocycles. The number of nitrogens with one attached hydrogen (secondary N) is 1. The number of para-hydroxylation sites is 3. The van der Waals surface area contributed by atoms with Gasteiger partial charge in [-0.2, -0.15) is 5.10 Å². The Morgan fingerprint density at radius 1 is 0.972 bits per heavy atom. The normalized spacial score (nSPS) is 10.7. The number of hydrogen-bond acceptors (Lipinski definition) is 4. The van der Waals surface area contributed by atoms with E-state index in [1.54, 1.807) is 29.9 Å². The van der Waals surface area contributed by atoms with Crippen molar-refractivity contribution >= 4 is 17.5 Å². The molecular weight excluding hydrogens is 466 g/mol. The second kappa shape index (κ2) is 10.8. The van der Waals surface area contributed by atoms with Crippen LogP contribution in [0.4, 0.5) is 14.5 Å². The lowest BCUT2D eigenvalue weighted by Crippen LogP contribution is -2.38. The maximum absolute atomic E-state index is 14.0. The average Bonchev–Trinajstić information content (AvgIpc) is 3.35. The number of hydrogen-bond donors (Lipinski definition) is 1. The molecule has 0 spiro atoms. The number of anilines is 1. The Labute approximate surface area is 206 Å². The maximum Gasteiger partial charge on any atom is 0.258 e. The van der Waals surface area contributed by atoms with Crippen LogP contribution in [0, 0.1) is 11.6 Å². The highest BCUT2D eigenvalue weighted by molar-refractivity contribution is 6.03. The fourth-order valence-electron chi connectivity index (χ4n) is 3.75. The Balaban J connectivity index is 1.68. The van der Waals surface area contributed by atoms with Gasteiger partial charge in [0.25, 0.3) is 5.91 Å². The molecule has 184 valence electrons. The summed E-state index contributed by atoms with van der Waals surface area (Å²) in [4.78, 5) is 27.5. The van der Waals surface area contributed by atoms with Crippen LogP contribution in [-0.4, -0.2) is 46.7 Å². The molecule has 2 amide bonds. The van der Waals surface area contributed by atoms with Gasteiger partial charge in [0.2, 0.25) is 5.91 Å². The van der Waals surface area contributed by atoms with Crippen molar-refractivity contribution in [2.45, 2.75) is 6.92 Å². The number of aromatic nitrogens is 2. The monoisotopic (exact) mass is 490 g/mol. The number of rotatable bonds is 8. The van der Waals surface area contributed by atoms with Gasteiger partial charge < -0.3 is 15.0 Å². The largest absolute Gasteiger partial charge is 0.496 e. The van der Waals surface area contributed by atoms with Crippen LogP contribution in [0.25, 0.3) is 16.9 Å². The third kappa shape index (κ3) is 5.10. The van der Waals surface area contributed by atoms with E-state index >= 15 is 0 Å². The first-order chi connectivity index (χ1) is 17.4. The number of ether oxygens (including phenoxy) is 1. The maximum atomic E-state index is 14.0. The molecule has 9 heteroatoms. The van der Waals surface area contributed by atoms with E-state index < -0.39 is 35.7 Å². The lowest BCUT2D eigenvalue weighted by molar-refractivity contribution is -0.116. The van der Waals surface area contributed by atoms with Gasteiger partial charge in [0, 0.05) is 18.3 Å². The molecule has 0 aliphatic carbocycles. The number of nitrogens with zero attached hydrogens (tertiary/aromatic N) is 3. The summed E-state index contributed by atoms with van der Waals surface area (Å²) in [6.45, 7) is 1.47. The molecule has 0 aliphatic rings. The number of halogens is 2. The first-order valence-corrected chi connectivity index (χ1v) is 11.2. The number of methoxy groups -OCH3 is 1. The van der Waals surface area contributed by atoms with Crippen molar-refractivity contribution in [1.29, 1.82) is 0 Å². The van der Waals surface area contributed by atoms with Crippen LogP contribution in [0.15, 0.2) is 79.0 Å². The van der Waals surface area contributed by atoms with E-state index in [1.165, 1.54) is 18.1 Å². The third-order valence-electron chi connectivity index (χ3n) is 5.56. The van der Waals surface area contributed by atoms with E-state index in [9.17, 15) is 18.4 Å². The number of benzene rings is 3. The zero-order chi connectivity index (χ0) is 25.7. The first-order valence-electron chi connectivity index (χ1n) is 11.2. The van der Waals surface area contributed by atoms with E-state index in [2.05, 4.69) is 10.4 Å². The fraction of sp³-hybridized carbons (Fsp3) is 0.148. The minimum atomic E-state index is -0.902. The van der Waals surface area contributed by atoms with E-state index in [0.717, 1.165) is 17.8 Å². The van der Waals surface area contributed by atoms with Crippen molar-refractivity contribution in [2.24, 2.45) is 0 Å². The van der Waals surface area contributed by atoms with Gasteiger partial charge in [-0.1, -0.05) is 36.4 Å². The molecular formula is C27H24F2N4O3. The van der Waals surface area contributed by atoms with Gasteiger partial charge in [0.15, 0.2) is 0 Å². The van der Waals surface area contributed by atoms with Crippen molar-refractivity contribution in [1.82, 2.24) is 14.7 Å². The Morgan fingerprint density at radius 3 is 2.31 bits per heavy atom. The molecule has 1 heterocycles. The summed E-state index contributed by atoms with van der Waals surface area (Å²) in [5.74, 6) is -2.48. The van der Waals surface area contributed by atoms with Gasteiger partial charge in [0.1, 0.15) is 35.3 Å². The molecule has 0 unspecified atom stereocenters. The van der Waals surface area contributed by atoms with E-state index in [1.807, 2.05) is 42.5 Å². The summed E-state index contributed by atoms with van der Waals surface area (Å²) in [5.41, 5.74) is 1.41. The van der Waals surface area contributed by atoms with Gasteiger partial charge >= 0.3 is 0 Å². The highest BCUT2D eigenvalue weighted by Gasteiger charge is 2.26. The third-order valence-corrected chi connectivity index (χ3v) is 5.56. The summed E-state index contributed by atoms with van der Waals surface area (Å²) >= 11 is 0. The van der Waals surface area contributed by atoms with Crippen molar-refractivity contribution in [2.75, 3.05) is 25.5 Å². The smallest absolute Gasteiger partial charge is 0.258 e. The highest BCUT2D eigenvalue weighted by Crippen LogP contribution is 2.32. The molecule has 0 atom stereocenters. The fourth-order valence-corrected chi connectivity index (χ4v) is 3.75. The Kier molecular flexibility index (Phi) is 7.39. The number of likely N-dealkylation sites (N-methyl/N-ethyl adjacent to an activating group) is 1. The lowest BCUT2D eigenvalue weighted by Gasteiger charge is -2.20. The molecule has 1 aromatic heterocycles. The van der Waals surface area contributed by atoms with Gasteiger partial charge in [0.05, 0.1) is 18.4 Å². The van der Waals surface area contributed by atoms with E-state index in [0.29, 0.717) is 17.0 Å². The second-order valence-electron chi connectivity index (χ2n) is 7.84. The van der Waals surface area contributed by atoms with Crippen molar-refractivity contribution in [3.05, 3.63) is 96.2 Å². The number of carbonyl (C=O) groups excluding carboxylic acids is 2. The quantitative estimate of drug-likeness (QED) is 0.380. The average molecular weight is 491 g/mol. The standard InChI is InChI=1S/C27H24F2N4O3/c1-3-32(17-24(34)30-26-21(28)13-9-14-22(26)29)27(35)20-16-33(18-10-5-4-6-11-18)31-25(20)19-12-7-8-15-23(19)36-2/h4-16H,3,17H2,1-2H3,(H,30,34). The summed E-state index contributed by atoms with van der Waals surface area (Å²) in [6.07, 6.45) is 1.59. The zero-order valence-corrected chi connectivity index (χ0v) is 19.7. The van der Waals surface area contributed by atoms with Gasteiger partial charge in [-0.25, -0.2) is 13.5 Å². The molecule has 0 radical (unpaired) electrons. The summed E-state index contributed by atoms with van der Waals surface area (Å²) in [5, 5.41) is 6.88. The first kappa shape index (κ1) is 24.6. The summed E-state index contributed by atoms with van der Waals surface area (Å²) in [6, 6.07) is 19.7. The molecule has 0 bridgehead atoms. The van der Waals surface area contributed by atoms with Crippen LogP contribution < -0.4 is 10.1 Å². The van der Waals surface area contributed by atoms with E-state index in [-0.39, 0.29) is 12.1 Å². The summed E-state index contributed by atoms with van der Waals surface area (Å²) < 4.78 is 35.0. The van der Waals surface area contributed by atoms with E-state index in [4.69, 9.17) is 4.74 Å². The van der Waals surface area contributed by atoms with Crippen LogP contribution in [0.5, 0.6) is 5.75 Å². The molecule has 0 fully saturated rings. The predicted octanol–water partition coefficient (Wildman–Crippen LogP) is 4.93. The minimum absolute atomic E-state index is 0.174. The van der Waals surface area contributed by atoms with Crippen LogP contribution in [-0.2, 0) is 4.79 Å².